The molecule has 1 aliphatic rings. The minimum absolute atomic E-state index is 0.0840. The number of hydrogen-bond acceptors (Lipinski definition) is 8. The van der Waals surface area contributed by atoms with Crippen molar-refractivity contribution in [3.05, 3.63) is 57.2 Å². The van der Waals surface area contributed by atoms with Gasteiger partial charge in [-0.3, -0.25) is 20.2 Å². The fourth-order valence-electron chi connectivity index (χ4n) is 3.89. The van der Waals surface area contributed by atoms with Crippen molar-refractivity contribution >= 4 is 39.7 Å². The number of carbonyl (C=O) groups is 2. The fraction of sp³-hybridized carbons (Fsp3) is 0.318. The van der Waals surface area contributed by atoms with Gasteiger partial charge in [0.2, 0.25) is 0 Å². The van der Waals surface area contributed by atoms with E-state index in [1.54, 1.807) is 29.8 Å². The predicted molar refractivity (Wildman–Crippen MR) is 125 cm³/mol. The molecule has 0 spiro atoms. The van der Waals surface area contributed by atoms with Crippen LogP contribution < -0.4 is 10.2 Å². The van der Waals surface area contributed by atoms with Crippen molar-refractivity contribution in [2.24, 2.45) is 5.92 Å². The van der Waals surface area contributed by atoms with Gasteiger partial charge in [-0.1, -0.05) is 6.92 Å². The van der Waals surface area contributed by atoms with Gasteiger partial charge < -0.3 is 14.6 Å². The fourth-order valence-corrected chi connectivity index (χ4v) is 4.60. The van der Waals surface area contributed by atoms with Crippen LogP contribution >= 0.6 is 11.3 Å². The first-order chi connectivity index (χ1) is 15.9. The first-order valence-corrected chi connectivity index (χ1v) is 11.3. The number of benzene rings is 1. The number of H-pyrrole nitrogens is 1. The van der Waals surface area contributed by atoms with Crippen molar-refractivity contribution in [3.63, 3.8) is 0 Å². The lowest BCUT2D eigenvalue weighted by atomic mass is 9.99. The lowest BCUT2D eigenvalue weighted by Gasteiger charge is -2.32. The summed E-state index contributed by atoms with van der Waals surface area (Å²) in [6, 6.07) is 6.16. The molecule has 1 aromatic carbocycles. The van der Waals surface area contributed by atoms with Gasteiger partial charge in [0, 0.05) is 41.9 Å². The summed E-state index contributed by atoms with van der Waals surface area (Å²) in [6.45, 7) is 3.65. The van der Waals surface area contributed by atoms with Crippen LogP contribution in [0.25, 0.3) is 11.3 Å². The Kier molecular flexibility index (Phi) is 6.40. The summed E-state index contributed by atoms with van der Waals surface area (Å²) < 4.78 is 4.68. The Bertz CT molecular complexity index is 1200. The third-order valence-corrected chi connectivity index (χ3v) is 6.30. The minimum atomic E-state index is -0.492. The Morgan fingerprint density at radius 3 is 2.91 bits per heavy atom. The number of amides is 1. The molecule has 1 saturated heterocycles. The molecular formula is C22H23N5O5S. The Hall–Kier alpha value is -3.73. The SMILES string of the molecule is COC(=O)c1cc(-c2csc(NC(=O)c3ccc(N4CCCC(C)C4)c([N+](=O)[O-])c3)n2)c[nH]1. The molecule has 1 aliphatic heterocycles. The second-order valence-corrected chi connectivity index (χ2v) is 8.80. The number of nitrogens with zero attached hydrogens (tertiary/aromatic N) is 3. The summed E-state index contributed by atoms with van der Waals surface area (Å²) in [4.78, 5) is 44.8. The third kappa shape index (κ3) is 4.87. The van der Waals surface area contributed by atoms with E-state index < -0.39 is 16.8 Å². The molecule has 4 rings (SSSR count). The quantitative estimate of drug-likeness (QED) is 0.312. The molecule has 1 atom stereocenters. The maximum Gasteiger partial charge on any atom is 0.354 e. The number of piperidine rings is 1. The average Bonchev–Trinajstić information content (AvgIpc) is 3.48. The number of esters is 1. The van der Waals surface area contributed by atoms with Crippen molar-refractivity contribution in [1.82, 2.24) is 9.97 Å². The van der Waals surface area contributed by atoms with Crippen LogP contribution in [0.2, 0.25) is 0 Å². The van der Waals surface area contributed by atoms with E-state index in [0.29, 0.717) is 33.7 Å². The first kappa shape index (κ1) is 22.5. The molecule has 0 bridgehead atoms. The highest BCUT2D eigenvalue weighted by Gasteiger charge is 2.25. The van der Waals surface area contributed by atoms with Gasteiger partial charge in [-0.05, 0) is 37.0 Å². The van der Waals surface area contributed by atoms with Gasteiger partial charge in [0.1, 0.15) is 11.4 Å². The monoisotopic (exact) mass is 469 g/mol. The smallest absolute Gasteiger partial charge is 0.354 e. The van der Waals surface area contributed by atoms with Gasteiger partial charge in [-0.25, -0.2) is 9.78 Å². The van der Waals surface area contributed by atoms with Crippen LogP contribution in [0.4, 0.5) is 16.5 Å². The number of aromatic nitrogens is 2. The third-order valence-electron chi connectivity index (χ3n) is 5.54. The molecule has 1 fully saturated rings. The van der Waals surface area contributed by atoms with E-state index in [2.05, 4.69) is 26.9 Å². The molecule has 33 heavy (non-hydrogen) atoms. The normalized spacial score (nSPS) is 15.8. The Labute approximate surface area is 193 Å². The summed E-state index contributed by atoms with van der Waals surface area (Å²) in [5.41, 5.74) is 2.17. The molecule has 0 aliphatic carbocycles. The van der Waals surface area contributed by atoms with Crippen molar-refractivity contribution < 1.29 is 19.2 Å². The van der Waals surface area contributed by atoms with Crippen molar-refractivity contribution in [3.8, 4) is 11.3 Å². The van der Waals surface area contributed by atoms with E-state index in [4.69, 9.17) is 0 Å². The summed E-state index contributed by atoms with van der Waals surface area (Å²) in [6.07, 6.45) is 3.71. The number of rotatable bonds is 6. The van der Waals surface area contributed by atoms with E-state index in [-0.39, 0.29) is 11.3 Å². The van der Waals surface area contributed by atoms with Gasteiger partial charge in [-0.15, -0.1) is 11.3 Å². The highest BCUT2D eigenvalue weighted by atomic mass is 32.1. The number of carbonyl (C=O) groups excluding carboxylic acids is 2. The number of aromatic amines is 1. The van der Waals surface area contributed by atoms with E-state index in [0.717, 1.165) is 25.9 Å². The van der Waals surface area contributed by atoms with E-state index in [1.165, 1.54) is 24.5 Å². The molecule has 2 aromatic heterocycles. The first-order valence-electron chi connectivity index (χ1n) is 10.4. The molecule has 3 aromatic rings. The largest absolute Gasteiger partial charge is 0.464 e. The second kappa shape index (κ2) is 9.41. The van der Waals surface area contributed by atoms with Crippen LogP contribution in [-0.2, 0) is 4.74 Å². The highest BCUT2D eigenvalue weighted by Crippen LogP contribution is 2.33. The Balaban J connectivity index is 1.51. The lowest BCUT2D eigenvalue weighted by molar-refractivity contribution is -0.384. The van der Waals surface area contributed by atoms with Crippen LogP contribution in [0.5, 0.6) is 0 Å². The van der Waals surface area contributed by atoms with Gasteiger partial charge in [-0.2, -0.15) is 0 Å². The predicted octanol–water partition coefficient (Wildman–Crippen LogP) is 4.32. The zero-order chi connectivity index (χ0) is 23.5. The summed E-state index contributed by atoms with van der Waals surface area (Å²) in [5, 5.41) is 16.5. The number of hydrogen-bond donors (Lipinski definition) is 2. The number of methoxy groups -OCH3 is 1. The number of thiazole rings is 1. The number of anilines is 2. The van der Waals surface area contributed by atoms with Crippen molar-refractivity contribution in [2.45, 2.75) is 19.8 Å². The van der Waals surface area contributed by atoms with Gasteiger partial charge >= 0.3 is 5.97 Å². The number of ether oxygens (including phenoxy) is 1. The molecule has 1 amide bonds. The molecule has 10 nitrogen and oxygen atoms in total. The molecule has 0 saturated carbocycles. The van der Waals surface area contributed by atoms with Gasteiger partial charge in [0.05, 0.1) is 17.7 Å². The molecule has 0 radical (unpaired) electrons. The van der Waals surface area contributed by atoms with Crippen molar-refractivity contribution in [2.75, 3.05) is 30.4 Å². The summed E-state index contributed by atoms with van der Waals surface area (Å²) in [5.74, 6) is -0.514. The summed E-state index contributed by atoms with van der Waals surface area (Å²) in [7, 11) is 1.29. The van der Waals surface area contributed by atoms with E-state index >= 15 is 0 Å². The van der Waals surface area contributed by atoms with Crippen LogP contribution in [0.15, 0.2) is 35.8 Å². The minimum Gasteiger partial charge on any atom is -0.464 e. The maximum absolute atomic E-state index is 12.8. The zero-order valence-corrected chi connectivity index (χ0v) is 19.0. The number of nitro benzene ring substituents is 1. The molecule has 11 heteroatoms. The van der Waals surface area contributed by atoms with Crippen LogP contribution in [0.3, 0.4) is 0 Å². The highest BCUT2D eigenvalue weighted by molar-refractivity contribution is 7.14. The standard InChI is InChI=1S/C22H23N5O5S/c1-13-4-3-7-26(11-13)18-6-5-14(9-19(18)27(30)31)20(28)25-22-24-17(12-33-22)15-8-16(23-10-15)21(29)32-2/h5-6,8-10,12-13,23H,3-4,7,11H2,1-2H3,(H,24,25,28). The molecule has 3 heterocycles. The number of nitro groups is 1. The Morgan fingerprint density at radius 2 is 2.18 bits per heavy atom. The Morgan fingerprint density at radius 1 is 1.36 bits per heavy atom. The molecule has 1 unspecified atom stereocenters. The van der Waals surface area contributed by atoms with Crippen LogP contribution in [0.1, 0.15) is 40.6 Å². The second-order valence-electron chi connectivity index (χ2n) is 7.94. The van der Waals surface area contributed by atoms with Gasteiger partial charge in [0.15, 0.2) is 5.13 Å². The van der Waals surface area contributed by atoms with Crippen LogP contribution in [0, 0.1) is 16.0 Å². The average molecular weight is 470 g/mol. The van der Waals surface area contributed by atoms with Gasteiger partial charge in [0.25, 0.3) is 11.6 Å². The van der Waals surface area contributed by atoms with Crippen molar-refractivity contribution in [1.29, 1.82) is 0 Å². The van der Waals surface area contributed by atoms with E-state index in [1.807, 2.05) is 4.90 Å². The maximum atomic E-state index is 12.8. The van der Waals surface area contributed by atoms with E-state index in [9.17, 15) is 19.7 Å². The molecule has 172 valence electrons. The summed E-state index contributed by atoms with van der Waals surface area (Å²) >= 11 is 1.21. The molecular weight excluding hydrogens is 446 g/mol. The topological polar surface area (TPSA) is 130 Å². The lowest BCUT2D eigenvalue weighted by Crippen LogP contribution is -2.34. The number of nitrogens with one attached hydrogen (secondary N) is 2. The zero-order valence-electron chi connectivity index (χ0n) is 18.2. The van der Waals surface area contributed by atoms with Crippen LogP contribution in [-0.4, -0.2) is 47.0 Å². The molecule has 2 N–H and O–H groups in total.